The number of rotatable bonds is 4. The van der Waals surface area contributed by atoms with E-state index in [1.165, 1.54) is 24.4 Å². The van der Waals surface area contributed by atoms with Gasteiger partial charge in [-0.1, -0.05) is 18.2 Å². The van der Waals surface area contributed by atoms with E-state index in [1.807, 2.05) is 5.32 Å². The summed E-state index contributed by atoms with van der Waals surface area (Å²) in [7, 11) is 0. The van der Waals surface area contributed by atoms with Gasteiger partial charge in [0, 0.05) is 6.07 Å². The molecule has 2 rings (SSSR count). The van der Waals surface area contributed by atoms with Gasteiger partial charge in [-0.05, 0) is 6.92 Å². The van der Waals surface area contributed by atoms with E-state index in [-0.39, 0.29) is 12.2 Å². The van der Waals surface area contributed by atoms with E-state index in [2.05, 4.69) is 4.74 Å². The molecule has 1 aromatic carbocycles. The Balaban J connectivity index is 2.67. The average Bonchev–Trinajstić information content (AvgIpc) is 2.53. The van der Waals surface area contributed by atoms with Crippen LogP contribution in [-0.4, -0.2) is 40.5 Å². The number of alkyl halides is 3. The number of ether oxygens (including phenoxy) is 1. The van der Waals surface area contributed by atoms with Gasteiger partial charge in [-0.15, -0.1) is 0 Å². The normalized spacial score (nSPS) is 25.8. The second-order valence-corrected chi connectivity index (χ2v) is 5.39. The molecule has 0 unspecified atom stereocenters. The Bertz CT molecular complexity index is 741. The van der Waals surface area contributed by atoms with E-state index in [0.29, 0.717) is 0 Å². The van der Waals surface area contributed by atoms with Crippen molar-refractivity contribution in [3.63, 3.8) is 0 Å². The number of carbonyl (C=O) groups is 2. The zero-order valence-corrected chi connectivity index (χ0v) is 13.2. The first kappa shape index (κ1) is 19.4. The number of hydrogen-bond donors (Lipinski definition) is 3. The third kappa shape index (κ3) is 3.27. The Hall–Kier alpha value is -2.89. The number of benzene rings is 1. The van der Waals surface area contributed by atoms with Crippen LogP contribution in [0.15, 0.2) is 24.3 Å². The van der Waals surface area contributed by atoms with Gasteiger partial charge < -0.3 is 20.5 Å². The van der Waals surface area contributed by atoms with Crippen LogP contribution in [0.2, 0.25) is 0 Å². The lowest BCUT2D eigenvalue weighted by Gasteiger charge is -2.44. The molecule has 26 heavy (non-hydrogen) atoms. The van der Waals surface area contributed by atoms with Crippen molar-refractivity contribution in [3.8, 4) is 0 Å². The highest BCUT2D eigenvalue weighted by Gasteiger charge is 2.67. The summed E-state index contributed by atoms with van der Waals surface area (Å²) >= 11 is 0. The molecule has 1 aromatic rings. The molecule has 1 heterocycles. The van der Waals surface area contributed by atoms with Crippen LogP contribution in [0.4, 0.5) is 23.7 Å². The van der Waals surface area contributed by atoms with Gasteiger partial charge in [-0.25, -0.2) is 4.79 Å². The summed E-state index contributed by atoms with van der Waals surface area (Å²) in [6.45, 7) is 1.03. The van der Waals surface area contributed by atoms with Crippen LogP contribution in [0, 0.1) is 16.0 Å². The highest BCUT2D eigenvalue weighted by atomic mass is 19.4. The van der Waals surface area contributed by atoms with Gasteiger partial charge in [0.05, 0.1) is 23.1 Å². The summed E-state index contributed by atoms with van der Waals surface area (Å²) in [4.78, 5) is 34.2. The molecule has 3 atom stereocenters. The summed E-state index contributed by atoms with van der Waals surface area (Å²) in [5.74, 6) is -3.90. The number of esters is 1. The summed E-state index contributed by atoms with van der Waals surface area (Å²) in [5.41, 5.74) is -4.98. The quantitative estimate of drug-likeness (QED) is 0.413. The lowest BCUT2D eigenvalue weighted by molar-refractivity contribution is -0.386. The number of nitro groups is 1. The molecule has 0 spiro atoms. The van der Waals surface area contributed by atoms with Crippen molar-refractivity contribution in [1.29, 1.82) is 0 Å². The molecule has 3 N–H and O–H groups in total. The number of hydrogen-bond acceptors (Lipinski definition) is 6. The Morgan fingerprint density at radius 3 is 2.58 bits per heavy atom. The predicted octanol–water partition coefficient (Wildman–Crippen LogP) is 1.38. The summed E-state index contributed by atoms with van der Waals surface area (Å²) in [6.07, 6.45) is -5.45. The van der Waals surface area contributed by atoms with Gasteiger partial charge in [-0.2, -0.15) is 13.2 Å². The monoisotopic (exact) mass is 377 g/mol. The highest BCUT2D eigenvalue weighted by Crippen LogP contribution is 2.44. The number of nitro benzene ring substituents is 1. The second kappa shape index (κ2) is 6.78. The van der Waals surface area contributed by atoms with Gasteiger partial charge in [0.15, 0.2) is 0 Å². The number of aliphatic hydroxyl groups is 1. The zero-order valence-electron chi connectivity index (χ0n) is 13.2. The van der Waals surface area contributed by atoms with Gasteiger partial charge in [0.2, 0.25) is 0 Å². The molecule has 142 valence electrons. The molecule has 0 saturated carbocycles. The Morgan fingerprint density at radius 1 is 1.42 bits per heavy atom. The van der Waals surface area contributed by atoms with E-state index in [9.17, 15) is 38.0 Å². The molecular weight excluding hydrogens is 363 g/mol. The van der Waals surface area contributed by atoms with Crippen molar-refractivity contribution in [2.75, 3.05) is 6.61 Å². The van der Waals surface area contributed by atoms with Crippen LogP contribution >= 0.6 is 0 Å². The maximum atomic E-state index is 13.5. The Morgan fingerprint density at radius 2 is 2.04 bits per heavy atom. The van der Waals surface area contributed by atoms with Crippen LogP contribution in [0.5, 0.6) is 0 Å². The van der Waals surface area contributed by atoms with Gasteiger partial charge in [0.25, 0.3) is 11.4 Å². The molecule has 12 heteroatoms. The fourth-order valence-electron chi connectivity index (χ4n) is 2.71. The number of amides is 2. The van der Waals surface area contributed by atoms with Crippen LogP contribution in [-0.2, 0) is 9.53 Å². The number of nitrogens with one attached hydrogen (secondary N) is 2. The summed E-state index contributed by atoms with van der Waals surface area (Å²) in [5, 5.41) is 24.6. The van der Waals surface area contributed by atoms with E-state index in [4.69, 9.17) is 0 Å². The lowest BCUT2D eigenvalue weighted by Crippen LogP contribution is -2.73. The predicted molar refractivity (Wildman–Crippen MR) is 78.6 cm³/mol. The first-order valence-electron chi connectivity index (χ1n) is 7.30. The number of carbonyl (C=O) groups excluding carboxylic acids is 2. The van der Waals surface area contributed by atoms with Crippen molar-refractivity contribution >= 4 is 17.7 Å². The second-order valence-electron chi connectivity index (χ2n) is 5.39. The van der Waals surface area contributed by atoms with Crippen molar-refractivity contribution < 1.29 is 37.5 Å². The van der Waals surface area contributed by atoms with Crippen LogP contribution in [0.25, 0.3) is 0 Å². The SMILES string of the molecule is CCOC(=O)[C@@H]1[C@H](c2ccccc2[N+](=O)[O-])NC(=O)N[C@]1(O)C(F)(F)F. The zero-order chi connectivity index (χ0) is 19.7. The van der Waals surface area contributed by atoms with Gasteiger partial charge >= 0.3 is 18.2 Å². The first-order valence-corrected chi connectivity index (χ1v) is 7.30. The molecule has 1 aliphatic heterocycles. The molecule has 0 aliphatic carbocycles. The van der Waals surface area contributed by atoms with E-state index in [1.54, 1.807) is 0 Å². The lowest BCUT2D eigenvalue weighted by atomic mass is 9.81. The van der Waals surface area contributed by atoms with Crippen molar-refractivity contribution in [3.05, 3.63) is 39.9 Å². The van der Waals surface area contributed by atoms with E-state index < -0.39 is 46.5 Å². The smallest absolute Gasteiger partial charge is 0.437 e. The number of urea groups is 1. The molecule has 2 amide bonds. The van der Waals surface area contributed by atoms with Crippen LogP contribution < -0.4 is 10.6 Å². The highest BCUT2D eigenvalue weighted by molar-refractivity contribution is 5.83. The minimum absolute atomic E-state index is 0.305. The maximum absolute atomic E-state index is 13.5. The van der Waals surface area contributed by atoms with Crippen molar-refractivity contribution in [2.24, 2.45) is 5.92 Å². The largest absolute Gasteiger partial charge is 0.466 e. The van der Waals surface area contributed by atoms with Crippen LogP contribution in [0.1, 0.15) is 18.5 Å². The molecule has 0 bridgehead atoms. The molecular formula is C14H14F3N3O6. The topological polar surface area (TPSA) is 131 Å². The van der Waals surface area contributed by atoms with Gasteiger partial charge in [0.1, 0.15) is 5.92 Å². The van der Waals surface area contributed by atoms with E-state index in [0.717, 1.165) is 12.1 Å². The standard InChI is InChI=1S/C14H14F3N3O6/c1-2-26-11(21)9-10(7-5-3-4-6-8(7)20(24)25)18-12(22)19-13(9,23)14(15,16)17/h3-6,9-10,23H,2H2,1H3,(H2,18,19,22)/t9-,10-,13+/m0/s1. The minimum atomic E-state index is -5.45. The summed E-state index contributed by atoms with van der Waals surface area (Å²) in [6, 6.07) is 1.32. The number of halogens is 3. The summed E-state index contributed by atoms with van der Waals surface area (Å²) < 4.78 is 45.0. The fraction of sp³-hybridized carbons (Fsp3) is 0.429. The molecule has 1 fully saturated rings. The fourth-order valence-corrected chi connectivity index (χ4v) is 2.71. The molecule has 0 radical (unpaired) electrons. The molecule has 9 nitrogen and oxygen atoms in total. The third-order valence-electron chi connectivity index (χ3n) is 3.82. The Labute approximate surface area is 144 Å². The van der Waals surface area contributed by atoms with Crippen molar-refractivity contribution in [2.45, 2.75) is 24.9 Å². The third-order valence-corrected chi connectivity index (χ3v) is 3.82. The van der Waals surface area contributed by atoms with Gasteiger partial charge in [-0.3, -0.25) is 14.9 Å². The molecule has 1 aliphatic rings. The average molecular weight is 377 g/mol. The van der Waals surface area contributed by atoms with Crippen molar-refractivity contribution in [1.82, 2.24) is 10.6 Å². The first-order chi connectivity index (χ1) is 12.0. The van der Waals surface area contributed by atoms with Crippen LogP contribution in [0.3, 0.4) is 0 Å². The molecule has 0 aromatic heterocycles. The number of nitrogens with zero attached hydrogens (tertiary/aromatic N) is 1. The Kier molecular flexibility index (Phi) is 5.07. The molecule has 1 saturated heterocycles. The minimum Gasteiger partial charge on any atom is -0.466 e. The number of para-hydroxylation sites is 1. The van der Waals surface area contributed by atoms with E-state index >= 15 is 0 Å². The maximum Gasteiger partial charge on any atom is 0.437 e.